The van der Waals surface area contributed by atoms with Gasteiger partial charge in [0.2, 0.25) is 0 Å². The number of rotatable bonds is 5. The monoisotopic (exact) mass is 352 g/mol. The number of hydrogen-bond donors (Lipinski definition) is 2. The molecule has 0 spiro atoms. The van der Waals surface area contributed by atoms with Crippen molar-refractivity contribution < 1.29 is 14.3 Å². The predicted octanol–water partition coefficient (Wildman–Crippen LogP) is 2.48. The maximum Gasteiger partial charge on any atom is 0.411 e. The van der Waals surface area contributed by atoms with Gasteiger partial charge in [0.25, 0.3) is 5.91 Å². The first-order valence-corrected chi connectivity index (χ1v) is 7.84. The number of hydrogen-bond acceptors (Lipinski definition) is 6. The average molecular weight is 352 g/mol. The number of benzene rings is 2. The van der Waals surface area contributed by atoms with Crippen LogP contribution in [0.25, 0.3) is 5.69 Å². The third kappa shape index (κ3) is 4.20. The average Bonchev–Trinajstić information content (AvgIpc) is 3.17. The summed E-state index contributed by atoms with van der Waals surface area (Å²) in [6, 6.07) is 13.6. The smallest absolute Gasteiger partial charge is 0.411 e. The highest BCUT2D eigenvalue weighted by Gasteiger charge is 2.09. The van der Waals surface area contributed by atoms with Gasteiger partial charge in [-0.15, -0.1) is 5.10 Å². The summed E-state index contributed by atoms with van der Waals surface area (Å²) in [7, 11) is 0. The minimum atomic E-state index is -0.566. The Bertz CT molecular complexity index is 893. The zero-order valence-corrected chi connectivity index (χ0v) is 13.9. The van der Waals surface area contributed by atoms with Crippen LogP contribution < -0.4 is 10.6 Å². The number of anilines is 2. The topological polar surface area (TPSA) is 111 Å². The summed E-state index contributed by atoms with van der Waals surface area (Å²) in [5.41, 5.74) is 2.28. The van der Waals surface area contributed by atoms with E-state index in [0.717, 1.165) is 5.69 Å². The Morgan fingerprint density at radius 3 is 2.58 bits per heavy atom. The van der Waals surface area contributed by atoms with Crippen LogP contribution in [-0.2, 0) is 4.74 Å². The van der Waals surface area contributed by atoms with Crippen molar-refractivity contribution in [3.05, 3.63) is 60.4 Å². The first-order chi connectivity index (χ1) is 12.7. The van der Waals surface area contributed by atoms with Gasteiger partial charge in [-0.05, 0) is 59.8 Å². The molecule has 132 valence electrons. The molecule has 2 aromatic carbocycles. The van der Waals surface area contributed by atoms with Crippen molar-refractivity contribution in [2.75, 3.05) is 17.2 Å². The van der Waals surface area contributed by atoms with E-state index in [2.05, 4.69) is 26.2 Å². The van der Waals surface area contributed by atoms with Crippen molar-refractivity contribution in [1.29, 1.82) is 0 Å². The number of amides is 2. The number of tetrazole rings is 1. The SMILES string of the molecule is CCOC(=O)Nc1cccc(C(=O)Nc2ccc(-n3cnnn3)cc2)c1. The van der Waals surface area contributed by atoms with E-state index in [1.165, 1.54) is 11.0 Å². The van der Waals surface area contributed by atoms with Gasteiger partial charge in [-0.3, -0.25) is 10.1 Å². The van der Waals surface area contributed by atoms with E-state index in [0.29, 0.717) is 16.9 Å². The minimum absolute atomic E-state index is 0.270. The molecule has 1 aromatic heterocycles. The van der Waals surface area contributed by atoms with Gasteiger partial charge in [0, 0.05) is 16.9 Å². The lowest BCUT2D eigenvalue weighted by molar-refractivity contribution is 0.102. The molecular formula is C17H16N6O3. The molecule has 0 saturated carbocycles. The molecule has 0 aliphatic rings. The summed E-state index contributed by atoms with van der Waals surface area (Å²) >= 11 is 0. The third-order valence-corrected chi connectivity index (χ3v) is 3.39. The number of nitrogens with one attached hydrogen (secondary N) is 2. The summed E-state index contributed by atoms with van der Waals surface area (Å²) in [6.45, 7) is 1.99. The maximum atomic E-state index is 12.4. The van der Waals surface area contributed by atoms with Gasteiger partial charge >= 0.3 is 6.09 Å². The molecule has 9 heteroatoms. The highest BCUT2D eigenvalue weighted by molar-refractivity contribution is 6.05. The Labute approximate surface area is 149 Å². The fraction of sp³-hybridized carbons (Fsp3) is 0.118. The Hall–Kier alpha value is -3.75. The third-order valence-electron chi connectivity index (χ3n) is 3.39. The molecule has 9 nitrogen and oxygen atoms in total. The summed E-state index contributed by atoms with van der Waals surface area (Å²) in [6.07, 6.45) is 0.915. The fourth-order valence-electron chi connectivity index (χ4n) is 2.20. The summed E-state index contributed by atoms with van der Waals surface area (Å²) in [5, 5.41) is 16.3. The zero-order chi connectivity index (χ0) is 18.4. The summed E-state index contributed by atoms with van der Waals surface area (Å²) in [4.78, 5) is 23.9. The van der Waals surface area contributed by atoms with Crippen LogP contribution in [0.3, 0.4) is 0 Å². The molecule has 0 saturated heterocycles. The second kappa shape index (κ2) is 7.88. The van der Waals surface area contributed by atoms with Gasteiger partial charge in [-0.2, -0.15) is 0 Å². The van der Waals surface area contributed by atoms with Gasteiger partial charge in [0.1, 0.15) is 6.33 Å². The van der Waals surface area contributed by atoms with Crippen LogP contribution in [0.15, 0.2) is 54.9 Å². The molecule has 0 radical (unpaired) electrons. The first kappa shape index (κ1) is 17.1. The fourth-order valence-corrected chi connectivity index (χ4v) is 2.20. The van der Waals surface area contributed by atoms with E-state index in [1.54, 1.807) is 55.5 Å². The standard InChI is InChI=1S/C17H16N6O3/c1-2-26-17(25)20-14-5-3-4-12(10-14)16(24)19-13-6-8-15(9-7-13)23-11-18-21-22-23/h3-11H,2H2,1H3,(H,19,24)(H,20,25). The van der Waals surface area contributed by atoms with E-state index in [9.17, 15) is 9.59 Å². The molecule has 0 unspecified atom stereocenters. The van der Waals surface area contributed by atoms with Crippen LogP contribution in [0.5, 0.6) is 0 Å². The van der Waals surface area contributed by atoms with Crippen molar-refractivity contribution >= 4 is 23.4 Å². The molecule has 0 aliphatic carbocycles. The van der Waals surface area contributed by atoms with Gasteiger partial charge in [0.15, 0.2) is 0 Å². The predicted molar refractivity (Wildman–Crippen MR) is 94.2 cm³/mol. The molecular weight excluding hydrogens is 336 g/mol. The van der Waals surface area contributed by atoms with Crippen molar-refractivity contribution in [2.45, 2.75) is 6.92 Å². The second-order valence-corrected chi connectivity index (χ2v) is 5.18. The summed E-state index contributed by atoms with van der Waals surface area (Å²) in [5.74, 6) is -0.298. The minimum Gasteiger partial charge on any atom is -0.450 e. The Morgan fingerprint density at radius 2 is 1.88 bits per heavy atom. The van der Waals surface area contributed by atoms with E-state index in [1.807, 2.05) is 0 Å². The van der Waals surface area contributed by atoms with Gasteiger partial charge in [0.05, 0.1) is 12.3 Å². The van der Waals surface area contributed by atoms with Crippen LogP contribution >= 0.6 is 0 Å². The molecule has 0 fully saturated rings. The molecule has 3 rings (SSSR count). The Kier molecular flexibility index (Phi) is 5.18. The van der Waals surface area contributed by atoms with Gasteiger partial charge in [-0.25, -0.2) is 9.48 Å². The molecule has 2 N–H and O–H groups in total. The number of carbonyl (C=O) groups is 2. The van der Waals surface area contributed by atoms with Gasteiger partial charge in [-0.1, -0.05) is 6.07 Å². The number of carbonyl (C=O) groups excluding carboxylic acids is 2. The Balaban J connectivity index is 1.67. The molecule has 0 atom stereocenters. The van der Waals surface area contributed by atoms with E-state index in [-0.39, 0.29) is 12.5 Å². The van der Waals surface area contributed by atoms with Crippen molar-refractivity contribution in [2.24, 2.45) is 0 Å². The quantitative estimate of drug-likeness (QED) is 0.730. The summed E-state index contributed by atoms with van der Waals surface area (Å²) < 4.78 is 6.33. The number of ether oxygens (including phenoxy) is 1. The van der Waals surface area contributed by atoms with Crippen LogP contribution in [0.1, 0.15) is 17.3 Å². The van der Waals surface area contributed by atoms with E-state index in [4.69, 9.17) is 4.74 Å². The van der Waals surface area contributed by atoms with Crippen LogP contribution in [0.4, 0.5) is 16.2 Å². The lowest BCUT2D eigenvalue weighted by atomic mass is 10.2. The molecule has 2 amide bonds. The normalized spacial score (nSPS) is 10.2. The molecule has 0 bridgehead atoms. The largest absolute Gasteiger partial charge is 0.450 e. The van der Waals surface area contributed by atoms with Crippen molar-refractivity contribution in [3.63, 3.8) is 0 Å². The molecule has 3 aromatic rings. The van der Waals surface area contributed by atoms with Gasteiger partial charge < -0.3 is 10.1 Å². The van der Waals surface area contributed by atoms with Crippen molar-refractivity contribution in [3.8, 4) is 5.69 Å². The highest BCUT2D eigenvalue weighted by atomic mass is 16.5. The molecule has 1 heterocycles. The lowest BCUT2D eigenvalue weighted by Crippen LogP contribution is -2.15. The van der Waals surface area contributed by atoms with E-state index < -0.39 is 6.09 Å². The van der Waals surface area contributed by atoms with Crippen LogP contribution in [0.2, 0.25) is 0 Å². The van der Waals surface area contributed by atoms with Crippen molar-refractivity contribution in [1.82, 2.24) is 20.2 Å². The highest BCUT2D eigenvalue weighted by Crippen LogP contribution is 2.15. The lowest BCUT2D eigenvalue weighted by Gasteiger charge is -2.09. The first-order valence-electron chi connectivity index (χ1n) is 7.84. The van der Waals surface area contributed by atoms with Crippen LogP contribution in [-0.4, -0.2) is 38.8 Å². The van der Waals surface area contributed by atoms with E-state index >= 15 is 0 Å². The number of nitrogens with zero attached hydrogens (tertiary/aromatic N) is 4. The second-order valence-electron chi connectivity index (χ2n) is 5.18. The maximum absolute atomic E-state index is 12.4. The molecule has 0 aliphatic heterocycles. The number of aromatic nitrogens is 4. The zero-order valence-electron chi connectivity index (χ0n) is 13.9. The van der Waals surface area contributed by atoms with Crippen LogP contribution in [0, 0.1) is 0 Å². The Morgan fingerprint density at radius 1 is 1.08 bits per heavy atom. The molecule has 26 heavy (non-hydrogen) atoms.